The number of carboxylic acid groups (broad SMARTS) is 1. The molecule has 2 rings (SSSR count). The van der Waals surface area contributed by atoms with Gasteiger partial charge < -0.3 is 52.6 Å². The molecule has 1 aliphatic rings. The van der Waals surface area contributed by atoms with Gasteiger partial charge in [-0.2, -0.15) is 0 Å². The van der Waals surface area contributed by atoms with E-state index in [1.54, 1.807) is 19.3 Å². The van der Waals surface area contributed by atoms with Crippen LogP contribution in [0.5, 0.6) is 0 Å². The summed E-state index contributed by atoms with van der Waals surface area (Å²) >= 11 is 0. The normalized spacial score (nSPS) is 24.8. The van der Waals surface area contributed by atoms with Crippen LogP contribution in [-0.4, -0.2) is 104 Å². The molecule has 1 aromatic rings. The number of carbonyl (C=O) groups excluding carboxylic acids is 6. The van der Waals surface area contributed by atoms with Crippen molar-refractivity contribution in [2.75, 3.05) is 20.8 Å². The predicted octanol–water partition coefficient (Wildman–Crippen LogP) is 0.719. The quantitative estimate of drug-likeness (QED) is 0.0341. The van der Waals surface area contributed by atoms with Gasteiger partial charge in [0, 0.05) is 26.0 Å². The van der Waals surface area contributed by atoms with E-state index in [2.05, 4.69) is 31.6 Å². The Balaban J connectivity index is 2.62. The number of nitrogens with two attached hydrogens (primary N) is 2. The number of guanidine groups is 1. The number of rotatable bonds is 13. The molecule has 0 radical (unpaired) electrons. The van der Waals surface area contributed by atoms with Crippen LogP contribution in [0, 0.1) is 17.8 Å². The van der Waals surface area contributed by atoms with E-state index < -0.39 is 77.5 Å². The first kappa shape index (κ1) is 49.1. The van der Waals surface area contributed by atoms with E-state index in [4.69, 9.17) is 20.9 Å². The third-order valence-corrected chi connectivity index (χ3v) is 9.84. The number of carboxylic acids is 1. The molecule has 0 spiro atoms. The molecule has 0 aliphatic carbocycles. The molecule has 3 unspecified atom stereocenters. The van der Waals surface area contributed by atoms with Crippen molar-refractivity contribution in [3.63, 3.8) is 0 Å². The minimum absolute atomic E-state index is 0.0163. The second-order valence-electron chi connectivity index (χ2n) is 14.4. The minimum Gasteiger partial charge on any atom is -0.480 e. The molecule has 1 fully saturated rings. The first-order chi connectivity index (χ1) is 27.9. The lowest BCUT2D eigenvalue weighted by Crippen LogP contribution is -2.56. The summed E-state index contributed by atoms with van der Waals surface area (Å²) < 4.78 is 10.7. The van der Waals surface area contributed by atoms with Crippen LogP contribution < -0.4 is 38.1 Å². The van der Waals surface area contributed by atoms with E-state index in [-0.39, 0.29) is 55.9 Å². The third-order valence-electron chi connectivity index (χ3n) is 9.84. The summed E-state index contributed by atoms with van der Waals surface area (Å²) in [5.41, 5.74) is 12.5. The number of hydrogen-bond acceptors (Lipinski definition) is 10. The minimum atomic E-state index is -1.79. The number of methoxy groups -OCH3 is 2. The molecule has 5 amide bonds. The zero-order valence-corrected chi connectivity index (χ0v) is 34.8. The summed E-state index contributed by atoms with van der Waals surface area (Å²) in [4.78, 5) is 96.7. The first-order valence-corrected chi connectivity index (χ1v) is 19.4. The zero-order valence-electron chi connectivity index (χ0n) is 34.8. The maximum absolute atomic E-state index is 14.1. The Hall–Kier alpha value is -6.04. The fourth-order valence-electron chi connectivity index (χ4n) is 6.22. The van der Waals surface area contributed by atoms with Gasteiger partial charge in [0.05, 0.1) is 31.1 Å². The van der Waals surface area contributed by atoms with Crippen LogP contribution in [0.4, 0.5) is 0 Å². The summed E-state index contributed by atoms with van der Waals surface area (Å²) in [6.07, 6.45) is 6.64. The summed E-state index contributed by atoms with van der Waals surface area (Å²) in [5.74, 6) is -9.14. The molecule has 0 aromatic heterocycles. The maximum Gasteiger partial charge on any atom is 0.328 e. The summed E-state index contributed by atoms with van der Waals surface area (Å²) in [6.45, 7) is 8.16. The Morgan fingerprint density at radius 3 is 2.22 bits per heavy atom. The highest BCUT2D eigenvalue weighted by Gasteiger charge is 2.36. The average Bonchev–Trinajstić information content (AvgIpc) is 3.20. The van der Waals surface area contributed by atoms with Crippen molar-refractivity contribution in [2.45, 2.75) is 97.0 Å². The van der Waals surface area contributed by atoms with Crippen LogP contribution in [0.2, 0.25) is 0 Å². The van der Waals surface area contributed by atoms with E-state index in [9.17, 15) is 38.7 Å². The monoisotopic (exact) mass is 824 g/mol. The summed E-state index contributed by atoms with van der Waals surface area (Å²) in [5, 5.41) is 22.7. The van der Waals surface area contributed by atoms with Crippen molar-refractivity contribution in [2.24, 2.45) is 34.2 Å². The van der Waals surface area contributed by atoms with Crippen LogP contribution in [0.1, 0.15) is 65.9 Å². The Morgan fingerprint density at radius 2 is 1.63 bits per heavy atom. The number of nitrogens with one attached hydrogen (secondary N) is 5. The lowest BCUT2D eigenvalue weighted by Gasteiger charge is -2.28. The van der Waals surface area contributed by atoms with Gasteiger partial charge in [0.1, 0.15) is 23.8 Å². The Bertz CT molecular complexity index is 1760. The molecule has 1 saturated heterocycles. The Kier molecular flexibility index (Phi) is 20.5. The average molecular weight is 825 g/mol. The molecule has 10 N–H and O–H groups in total. The fourth-order valence-corrected chi connectivity index (χ4v) is 6.22. The lowest BCUT2D eigenvalue weighted by atomic mass is 9.94. The molecular weight excluding hydrogens is 764 g/mol. The molecule has 59 heavy (non-hydrogen) atoms. The van der Waals surface area contributed by atoms with Gasteiger partial charge in [-0.3, -0.25) is 29.0 Å². The van der Waals surface area contributed by atoms with E-state index in [1.807, 2.05) is 50.3 Å². The number of aliphatic imine (C=N–C) groups is 1. The number of amides is 5. The molecule has 324 valence electrons. The molecule has 1 aromatic carbocycles. The van der Waals surface area contributed by atoms with Crippen LogP contribution in [-0.2, 0) is 49.5 Å². The van der Waals surface area contributed by atoms with Crippen LogP contribution >= 0.6 is 0 Å². The Labute approximate surface area is 345 Å². The fraction of sp³-hybridized carbons (Fsp3) is 0.512. The molecule has 18 heteroatoms. The molecule has 18 nitrogen and oxygen atoms in total. The lowest BCUT2D eigenvalue weighted by molar-refractivity contribution is -0.146. The highest BCUT2D eigenvalue weighted by molar-refractivity contribution is 6.00. The van der Waals surface area contributed by atoms with E-state index in [0.717, 1.165) is 18.2 Å². The van der Waals surface area contributed by atoms with Crippen molar-refractivity contribution >= 4 is 47.4 Å². The zero-order chi connectivity index (χ0) is 44.2. The summed E-state index contributed by atoms with van der Waals surface area (Å²) in [7, 11) is 2.76. The predicted molar refractivity (Wildman–Crippen MR) is 220 cm³/mol. The van der Waals surface area contributed by atoms with Gasteiger partial charge >= 0.3 is 11.9 Å². The van der Waals surface area contributed by atoms with Crippen molar-refractivity contribution in [3.8, 4) is 0 Å². The smallest absolute Gasteiger partial charge is 0.328 e. The van der Waals surface area contributed by atoms with Crippen molar-refractivity contribution in [1.82, 2.24) is 26.6 Å². The van der Waals surface area contributed by atoms with Crippen LogP contribution in [0.15, 0.2) is 70.9 Å². The second kappa shape index (κ2) is 24.7. The highest BCUT2D eigenvalue weighted by Crippen LogP contribution is 2.18. The molecule has 1 heterocycles. The SMILES string of the molecule is C/C=C1\NC(=O)CC[C@H](C(=O)OC)NC(=O)[C@@H](C)C(/C=C/C(C)=C/[C@H](C)[C@H](Cc2ccccc2)OC)NC(=O)C(CCCN=C(N)N)NC(=O)[C@@H](C)C(C(=O)O)NC1=O. The molecule has 0 saturated carbocycles. The molecular formula is C41H60N8O10. The summed E-state index contributed by atoms with van der Waals surface area (Å²) in [6, 6.07) is 4.47. The number of hydrogen-bond donors (Lipinski definition) is 8. The van der Waals surface area contributed by atoms with Gasteiger partial charge in [-0.15, -0.1) is 0 Å². The van der Waals surface area contributed by atoms with Crippen molar-refractivity contribution < 1.29 is 48.1 Å². The maximum atomic E-state index is 14.1. The number of benzene rings is 1. The van der Waals surface area contributed by atoms with Gasteiger partial charge in [-0.25, -0.2) is 9.59 Å². The molecule has 0 bridgehead atoms. The van der Waals surface area contributed by atoms with E-state index in [0.29, 0.717) is 6.42 Å². The second-order valence-corrected chi connectivity index (χ2v) is 14.4. The largest absolute Gasteiger partial charge is 0.480 e. The Morgan fingerprint density at radius 1 is 0.966 bits per heavy atom. The topological polar surface area (TPSA) is 283 Å². The standard InChI is InChI=1S/C41H60N8O10/c1-8-28-37(53)49-34(39(55)56)26(5)36(52)47-30(15-12-20-44-41(42)43)38(54)46-29(25(4)35(51)48-31(40(57)59-7)18-19-33(50)45-28)17-16-23(2)21-24(3)32(58-6)22-27-13-10-9-11-14-27/h8-11,13-14,16-17,21,24-26,29-32,34H,12,15,18-20,22H2,1-7H3,(H,45,50)(H,46,54)(H,47,52)(H,48,51)(H,49,53)(H,55,56)(H4,42,43,44)/b17-16+,23-21+,28-8-/t24-,25-,26-,29?,30?,31+,32-,34?/m0/s1. The van der Waals surface area contributed by atoms with Crippen molar-refractivity contribution in [1.29, 1.82) is 0 Å². The van der Waals surface area contributed by atoms with E-state index >= 15 is 0 Å². The molecule has 1 aliphatic heterocycles. The van der Waals surface area contributed by atoms with Crippen LogP contribution in [0.25, 0.3) is 0 Å². The van der Waals surface area contributed by atoms with Gasteiger partial charge in [0.15, 0.2) is 5.96 Å². The molecule has 8 atom stereocenters. The number of carbonyl (C=O) groups is 7. The number of ether oxygens (including phenoxy) is 2. The van der Waals surface area contributed by atoms with Gasteiger partial charge in [0.2, 0.25) is 23.6 Å². The van der Waals surface area contributed by atoms with Gasteiger partial charge in [-0.1, -0.05) is 81.0 Å². The number of aliphatic carboxylic acids is 1. The number of esters is 1. The van der Waals surface area contributed by atoms with Gasteiger partial charge in [0.25, 0.3) is 5.91 Å². The first-order valence-electron chi connectivity index (χ1n) is 19.4. The van der Waals surface area contributed by atoms with Crippen molar-refractivity contribution in [3.05, 3.63) is 71.5 Å². The highest BCUT2D eigenvalue weighted by atomic mass is 16.5. The van der Waals surface area contributed by atoms with Crippen LogP contribution in [0.3, 0.4) is 0 Å². The van der Waals surface area contributed by atoms with Gasteiger partial charge in [-0.05, 0) is 45.1 Å². The number of nitrogens with zero attached hydrogens (tertiary/aromatic N) is 1. The van der Waals surface area contributed by atoms with E-state index in [1.165, 1.54) is 26.8 Å². The number of allylic oxidation sites excluding steroid dienone is 3. The third kappa shape index (κ3) is 16.4.